The van der Waals surface area contributed by atoms with Gasteiger partial charge in [-0.05, 0) is 47.1 Å². The van der Waals surface area contributed by atoms with Crippen molar-refractivity contribution >= 4 is 27.5 Å². The van der Waals surface area contributed by atoms with Crippen molar-refractivity contribution in [1.29, 1.82) is 5.41 Å². The number of amidine groups is 1. The fourth-order valence-electron chi connectivity index (χ4n) is 1.82. The summed E-state index contributed by atoms with van der Waals surface area (Å²) in [4.78, 5) is 10.7. The summed E-state index contributed by atoms with van der Waals surface area (Å²) in [5, 5.41) is 18.5. The first-order valence-electron chi connectivity index (χ1n) is 5.96. The zero-order valence-electron chi connectivity index (χ0n) is 11.1. The van der Waals surface area contributed by atoms with Crippen LogP contribution in [0.2, 0.25) is 0 Å². The van der Waals surface area contributed by atoms with E-state index in [2.05, 4.69) is 15.9 Å². The third kappa shape index (κ3) is 3.19. The van der Waals surface area contributed by atoms with Crippen LogP contribution in [0.4, 0.5) is 5.69 Å². The van der Waals surface area contributed by atoms with Crippen LogP contribution in [-0.4, -0.2) is 10.8 Å². The molecular formula is C14H12BrN3O3. The van der Waals surface area contributed by atoms with Crippen molar-refractivity contribution in [3.8, 4) is 11.5 Å². The normalized spacial score (nSPS) is 10.2. The van der Waals surface area contributed by atoms with E-state index in [9.17, 15) is 10.1 Å². The number of nitrogen functional groups attached to an aromatic ring is 1. The van der Waals surface area contributed by atoms with Gasteiger partial charge in [0.1, 0.15) is 11.6 Å². The predicted molar refractivity (Wildman–Crippen MR) is 83.1 cm³/mol. The van der Waals surface area contributed by atoms with E-state index in [4.69, 9.17) is 15.9 Å². The lowest BCUT2D eigenvalue weighted by atomic mass is 10.2. The van der Waals surface area contributed by atoms with Crippen molar-refractivity contribution in [3.63, 3.8) is 0 Å². The molecule has 0 heterocycles. The van der Waals surface area contributed by atoms with Crippen LogP contribution in [0, 0.1) is 22.4 Å². The number of nitro benzene ring substituents is 1. The number of benzene rings is 2. The minimum atomic E-state index is -0.470. The molecule has 0 saturated heterocycles. The van der Waals surface area contributed by atoms with Crippen molar-refractivity contribution in [2.75, 3.05) is 0 Å². The van der Waals surface area contributed by atoms with Gasteiger partial charge in [0.15, 0.2) is 0 Å². The van der Waals surface area contributed by atoms with Crippen LogP contribution < -0.4 is 10.5 Å². The Hall–Kier alpha value is -2.41. The Morgan fingerprint density at radius 3 is 2.62 bits per heavy atom. The van der Waals surface area contributed by atoms with Gasteiger partial charge in [0, 0.05) is 11.1 Å². The monoisotopic (exact) mass is 349 g/mol. The number of nitrogens with one attached hydrogen (secondary N) is 1. The van der Waals surface area contributed by atoms with Gasteiger partial charge < -0.3 is 10.5 Å². The molecule has 0 aliphatic heterocycles. The van der Waals surface area contributed by atoms with Crippen molar-refractivity contribution in [3.05, 3.63) is 62.1 Å². The average Bonchev–Trinajstić information content (AvgIpc) is 2.40. The van der Waals surface area contributed by atoms with Crippen LogP contribution >= 0.6 is 15.9 Å². The second kappa shape index (κ2) is 5.92. The van der Waals surface area contributed by atoms with Gasteiger partial charge in [-0.2, -0.15) is 0 Å². The van der Waals surface area contributed by atoms with Gasteiger partial charge in [-0.25, -0.2) is 0 Å². The fourth-order valence-corrected chi connectivity index (χ4v) is 2.28. The van der Waals surface area contributed by atoms with Crippen LogP contribution in [0.3, 0.4) is 0 Å². The topological polar surface area (TPSA) is 102 Å². The fraction of sp³-hybridized carbons (Fsp3) is 0.0714. The number of nitrogens with zero attached hydrogens (tertiary/aromatic N) is 1. The van der Waals surface area contributed by atoms with Gasteiger partial charge in [-0.15, -0.1) is 0 Å². The number of hydrogen-bond acceptors (Lipinski definition) is 4. The zero-order valence-corrected chi connectivity index (χ0v) is 12.7. The quantitative estimate of drug-likeness (QED) is 0.379. The molecule has 0 bridgehead atoms. The van der Waals surface area contributed by atoms with E-state index in [0.717, 1.165) is 0 Å². The van der Waals surface area contributed by atoms with Crippen LogP contribution in [0.25, 0.3) is 0 Å². The zero-order chi connectivity index (χ0) is 15.6. The van der Waals surface area contributed by atoms with E-state index in [1.807, 2.05) is 0 Å². The lowest BCUT2D eigenvalue weighted by molar-refractivity contribution is -0.386. The Morgan fingerprint density at radius 1 is 1.33 bits per heavy atom. The molecule has 3 N–H and O–H groups in total. The number of ether oxygens (including phenoxy) is 1. The largest absolute Gasteiger partial charge is 0.449 e. The maximum Gasteiger partial charge on any atom is 0.314 e. The summed E-state index contributed by atoms with van der Waals surface area (Å²) in [6.07, 6.45) is 0. The lowest BCUT2D eigenvalue weighted by Gasteiger charge is -2.10. The first-order valence-corrected chi connectivity index (χ1v) is 6.75. The molecule has 0 aliphatic carbocycles. The van der Waals surface area contributed by atoms with E-state index in [1.165, 1.54) is 6.07 Å². The summed E-state index contributed by atoms with van der Waals surface area (Å²) in [6.45, 7) is 1.65. The van der Waals surface area contributed by atoms with Gasteiger partial charge in [-0.1, -0.05) is 12.1 Å². The molecule has 0 radical (unpaired) electrons. The summed E-state index contributed by atoms with van der Waals surface area (Å²) in [7, 11) is 0. The number of nitro groups is 1. The first-order chi connectivity index (χ1) is 9.90. The molecule has 0 spiro atoms. The molecule has 0 amide bonds. The van der Waals surface area contributed by atoms with Crippen LogP contribution in [0.15, 0.2) is 40.9 Å². The average molecular weight is 350 g/mol. The van der Waals surface area contributed by atoms with Gasteiger partial charge in [0.2, 0.25) is 5.75 Å². The van der Waals surface area contributed by atoms with E-state index < -0.39 is 4.92 Å². The summed E-state index contributed by atoms with van der Waals surface area (Å²) in [5.41, 5.74) is 6.39. The molecule has 0 aromatic heterocycles. The Labute approximate surface area is 129 Å². The van der Waals surface area contributed by atoms with Gasteiger partial charge >= 0.3 is 5.69 Å². The predicted octanol–water partition coefficient (Wildman–Crippen LogP) is 3.74. The maximum atomic E-state index is 11.1. The minimum absolute atomic E-state index is 0.0659. The Kier molecular flexibility index (Phi) is 4.23. The minimum Gasteiger partial charge on any atom is -0.449 e. The number of rotatable bonds is 4. The van der Waals surface area contributed by atoms with Crippen molar-refractivity contribution in [2.45, 2.75) is 6.92 Å². The highest BCUT2D eigenvalue weighted by Crippen LogP contribution is 2.36. The number of aryl methyl sites for hydroxylation is 1. The van der Waals surface area contributed by atoms with E-state index in [1.54, 1.807) is 37.3 Å². The van der Waals surface area contributed by atoms with Crippen molar-refractivity contribution in [2.24, 2.45) is 5.73 Å². The molecule has 108 valence electrons. The van der Waals surface area contributed by atoms with Gasteiger partial charge in [-0.3, -0.25) is 15.5 Å². The van der Waals surface area contributed by atoms with Crippen molar-refractivity contribution in [1.82, 2.24) is 0 Å². The molecule has 0 fully saturated rings. The van der Waals surface area contributed by atoms with Gasteiger partial charge in [0.25, 0.3) is 0 Å². The maximum absolute atomic E-state index is 11.1. The van der Waals surface area contributed by atoms with Crippen molar-refractivity contribution < 1.29 is 9.66 Å². The van der Waals surface area contributed by atoms with Crippen LogP contribution in [0.5, 0.6) is 11.5 Å². The second-order valence-corrected chi connectivity index (χ2v) is 5.19. The highest BCUT2D eigenvalue weighted by atomic mass is 79.9. The van der Waals surface area contributed by atoms with Crippen LogP contribution in [-0.2, 0) is 0 Å². The number of hydrogen-bond donors (Lipinski definition) is 2. The molecule has 2 rings (SSSR count). The molecule has 7 heteroatoms. The van der Waals surface area contributed by atoms with E-state index >= 15 is 0 Å². The Morgan fingerprint density at radius 2 is 2.05 bits per heavy atom. The van der Waals surface area contributed by atoms with Gasteiger partial charge in [0.05, 0.1) is 9.40 Å². The number of nitrogens with two attached hydrogens (primary N) is 1. The molecule has 0 atom stereocenters. The molecule has 2 aromatic rings. The highest BCUT2D eigenvalue weighted by molar-refractivity contribution is 9.10. The Bertz CT molecular complexity index is 731. The number of halogens is 1. The molecular weight excluding hydrogens is 338 g/mol. The lowest BCUT2D eigenvalue weighted by Crippen LogP contribution is -2.10. The standard InChI is InChI=1S/C14H12BrN3O3/c1-8-3-2-4-12(13(8)18(19)20)21-11-6-5-9(14(16)17)7-10(11)15/h2-7H,1H3,(H3,16,17). The summed E-state index contributed by atoms with van der Waals surface area (Å²) in [6, 6.07) is 9.72. The molecule has 0 unspecified atom stereocenters. The van der Waals surface area contributed by atoms with E-state index in [-0.39, 0.29) is 17.3 Å². The second-order valence-electron chi connectivity index (χ2n) is 4.34. The molecule has 6 nitrogen and oxygen atoms in total. The molecule has 21 heavy (non-hydrogen) atoms. The SMILES string of the molecule is Cc1cccc(Oc2ccc(C(=N)N)cc2Br)c1[N+](=O)[O-]. The molecule has 0 saturated carbocycles. The number of para-hydroxylation sites is 1. The van der Waals surface area contributed by atoms with Crippen LogP contribution in [0.1, 0.15) is 11.1 Å². The Balaban J connectivity index is 2.42. The summed E-state index contributed by atoms with van der Waals surface area (Å²) >= 11 is 3.31. The van der Waals surface area contributed by atoms with E-state index in [0.29, 0.717) is 21.3 Å². The first kappa shape index (κ1) is 15.0. The third-order valence-corrected chi connectivity index (χ3v) is 3.47. The summed E-state index contributed by atoms with van der Waals surface area (Å²) in [5.74, 6) is 0.508. The molecule has 0 aliphatic rings. The molecule has 2 aromatic carbocycles. The highest BCUT2D eigenvalue weighted by Gasteiger charge is 2.19. The smallest absolute Gasteiger partial charge is 0.314 e. The third-order valence-electron chi connectivity index (χ3n) is 2.85. The summed E-state index contributed by atoms with van der Waals surface area (Å²) < 4.78 is 6.18.